The lowest BCUT2D eigenvalue weighted by Gasteiger charge is -2.55. The van der Waals surface area contributed by atoms with Crippen LogP contribution in [0.1, 0.15) is 43.1 Å². The Kier molecular flexibility index (Phi) is 4.34. The van der Waals surface area contributed by atoms with Crippen molar-refractivity contribution in [2.24, 2.45) is 5.41 Å². The molecule has 0 radical (unpaired) electrons. The lowest BCUT2D eigenvalue weighted by molar-refractivity contribution is -0.158. The highest BCUT2D eigenvalue weighted by Gasteiger charge is 2.62. The Balaban J connectivity index is 1.99. The molecule has 0 saturated carbocycles. The van der Waals surface area contributed by atoms with E-state index in [0.717, 1.165) is 6.92 Å². The number of ether oxygens (including phenoxy) is 1. The summed E-state index contributed by atoms with van der Waals surface area (Å²) in [5, 5.41) is 2.21. The lowest BCUT2D eigenvalue weighted by Crippen LogP contribution is -2.72. The van der Waals surface area contributed by atoms with Crippen LogP contribution in [0.25, 0.3) is 0 Å². The van der Waals surface area contributed by atoms with Crippen LogP contribution in [-0.4, -0.2) is 48.2 Å². The average molecular weight is 406 g/mol. The maximum Gasteiger partial charge on any atom is 0.242 e. The summed E-state index contributed by atoms with van der Waals surface area (Å²) in [5.74, 6) is -5.18. The van der Waals surface area contributed by atoms with Gasteiger partial charge in [0.1, 0.15) is 5.41 Å². The Morgan fingerprint density at radius 1 is 1.24 bits per heavy atom. The van der Waals surface area contributed by atoms with Gasteiger partial charge in [-0.3, -0.25) is 24.5 Å². The van der Waals surface area contributed by atoms with E-state index in [4.69, 9.17) is 4.74 Å². The van der Waals surface area contributed by atoms with Gasteiger partial charge in [0.15, 0.2) is 23.2 Å². The van der Waals surface area contributed by atoms with Crippen molar-refractivity contribution >= 4 is 29.1 Å². The molecule has 4 atom stereocenters. The number of rotatable bonds is 1. The van der Waals surface area contributed by atoms with Crippen LogP contribution < -0.4 is 10.2 Å². The Bertz CT molecular complexity index is 956. The second-order valence-electron chi connectivity index (χ2n) is 7.99. The Morgan fingerprint density at radius 3 is 2.55 bits per heavy atom. The number of ketones is 2. The first-order valence-electron chi connectivity index (χ1n) is 9.39. The first-order chi connectivity index (χ1) is 13.6. The number of Topliss-reactive ketones (excluding diaryl/α,β-unsaturated/α-hetero) is 2. The molecule has 1 aromatic rings. The highest BCUT2D eigenvalue weighted by molar-refractivity contribution is 6.22. The quantitative estimate of drug-likeness (QED) is 0.430. The molecule has 2 saturated heterocycles. The minimum Gasteiger partial charge on any atom is -0.372 e. The number of hydrogen-bond acceptors (Lipinski definition) is 6. The van der Waals surface area contributed by atoms with Crippen molar-refractivity contribution in [3.8, 4) is 0 Å². The average Bonchev–Trinajstić information content (AvgIpc) is 2.61. The normalized spacial score (nSPS) is 31.4. The van der Waals surface area contributed by atoms with Gasteiger partial charge in [0.05, 0.1) is 35.9 Å². The highest BCUT2D eigenvalue weighted by atomic mass is 19.2. The predicted molar refractivity (Wildman–Crippen MR) is 96.4 cm³/mol. The molecule has 3 aliphatic heterocycles. The van der Waals surface area contributed by atoms with Gasteiger partial charge in [-0.1, -0.05) is 0 Å². The smallest absolute Gasteiger partial charge is 0.242 e. The van der Waals surface area contributed by atoms with E-state index in [-0.39, 0.29) is 30.3 Å². The van der Waals surface area contributed by atoms with E-state index in [2.05, 4.69) is 5.32 Å². The van der Waals surface area contributed by atoms with Gasteiger partial charge in [-0.2, -0.15) is 0 Å². The van der Waals surface area contributed by atoms with Gasteiger partial charge >= 0.3 is 0 Å². The van der Waals surface area contributed by atoms with Gasteiger partial charge in [-0.05, 0) is 38.8 Å². The van der Waals surface area contributed by atoms with Crippen molar-refractivity contribution in [1.29, 1.82) is 0 Å². The largest absolute Gasteiger partial charge is 0.372 e. The van der Waals surface area contributed by atoms with Crippen molar-refractivity contribution in [2.75, 3.05) is 11.4 Å². The fourth-order valence-corrected chi connectivity index (χ4v) is 4.99. The van der Waals surface area contributed by atoms with Gasteiger partial charge < -0.3 is 9.64 Å². The molecule has 0 bridgehead atoms. The van der Waals surface area contributed by atoms with Crippen molar-refractivity contribution in [1.82, 2.24) is 5.32 Å². The molecular formula is C20H20F2N2O5. The third-order valence-corrected chi connectivity index (χ3v) is 6.06. The summed E-state index contributed by atoms with van der Waals surface area (Å²) in [7, 11) is 0. The molecule has 1 spiro atoms. The van der Waals surface area contributed by atoms with Crippen LogP contribution >= 0.6 is 0 Å². The first kappa shape index (κ1) is 19.6. The van der Waals surface area contributed by atoms with Crippen molar-refractivity contribution < 1.29 is 32.7 Å². The maximum atomic E-state index is 15.1. The summed E-state index contributed by atoms with van der Waals surface area (Å²) in [4.78, 5) is 51.1. The van der Waals surface area contributed by atoms with Crippen LogP contribution in [-0.2, 0) is 25.5 Å². The molecule has 2 fully saturated rings. The molecule has 0 aromatic heterocycles. The molecule has 29 heavy (non-hydrogen) atoms. The molecule has 154 valence electrons. The molecule has 2 amide bonds. The van der Waals surface area contributed by atoms with Crippen LogP contribution in [0.2, 0.25) is 0 Å². The van der Waals surface area contributed by atoms with Crippen LogP contribution in [0.3, 0.4) is 0 Å². The number of anilines is 1. The third kappa shape index (κ3) is 2.63. The Hall–Kier alpha value is -2.68. The lowest BCUT2D eigenvalue weighted by atomic mass is 9.63. The fourth-order valence-electron chi connectivity index (χ4n) is 4.99. The molecule has 0 aliphatic carbocycles. The molecule has 4 rings (SSSR count). The molecule has 3 heterocycles. The van der Waals surface area contributed by atoms with E-state index in [1.54, 1.807) is 13.8 Å². The zero-order valence-electron chi connectivity index (χ0n) is 16.2. The molecular weight excluding hydrogens is 386 g/mol. The first-order valence-corrected chi connectivity index (χ1v) is 9.39. The zero-order valence-corrected chi connectivity index (χ0v) is 16.2. The van der Waals surface area contributed by atoms with E-state index < -0.39 is 64.6 Å². The molecule has 1 N–H and O–H groups in total. The maximum absolute atomic E-state index is 15.1. The van der Waals surface area contributed by atoms with Crippen LogP contribution in [0.5, 0.6) is 0 Å². The molecule has 1 aromatic carbocycles. The summed E-state index contributed by atoms with van der Waals surface area (Å²) in [5.41, 5.74) is -2.02. The Morgan fingerprint density at radius 2 is 1.93 bits per heavy atom. The van der Waals surface area contributed by atoms with Gasteiger partial charge in [-0.25, -0.2) is 8.78 Å². The number of nitrogens with zero attached hydrogens (tertiary/aromatic N) is 1. The topological polar surface area (TPSA) is 92.8 Å². The van der Waals surface area contributed by atoms with Crippen LogP contribution in [0.15, 0.2) is 6.07 Å². The molecule has 7 nitrogen and oxygen atoms in total. The fraction of sp³-hybridized carbons (Fsp3) is 0.500. The van der Waals surface area contributed by atoms with Gasteiger partial charge in [-0.15, -0.1) is 0 Å². The monoisotopic (exact) mass is 406 g/mol. The predicted octanol–water partition coefficient (Wildman–Crippen LogP) is 1.31. The number of amides is 2. The van der Waals surface area contributed by atoms with Crippen LogP contribution in [0.4, 0.5) is 14.5 Å². The van der Waals surface area contributed by atoms with E-state index in [1.165, 1.54) is 11.0 Å². The summed E-state index contributed by atoms with van der Waals surface area (Å²) < 4.78 is 35.5. The highest BCUT2D eigenvalue weighted by Crippen LogP contribution is 2.49. The zero-order chi connectivity index (χ0) is 21.2. The van der Waals surface area contributed by atoms with Crippen LogP contribution in [0, 0.1) is 17.0 Å². The van der Waals surface area contributed by atoms with E-state index in [1.807, 2.05) is 0 Å². The SMILES string of the molecule is CC(=O)c1cc2c(c(F)c1F)N1C[C@@H](C)O[C@@H](C)[C@@H]1[C@@]1(C2)C(=O)CC(=O)NC1=O. The van der Waals surface area contributed by atoms with Gasteiger partial charge in [0.2, 0.25) is 11.8 Å². The number of halogens is 2. The standard InChI is InChI=1S/C20H20F2N2O5/c1-8-7-24-17-11(4-12(9(2)25)15(21)16(17)22)6-20(18(24)10(3)29-8)13(26)5-14(27)23-19(20)28/h4,8,10,18H,5-7H2,1-3H3,(H,23,27,28)/t8-,10+,18-,20-/m1/s1. The number of benzene rings is 1. The number of carbonyl (C=O) groups is 4. The van der Waals surface area contributed by atoms with E-state index in [0.29, 0.717) is 0 Å². The van der Waals surface area contributed by atoms with Crippen molar-refractivity contribution in [2.45, 2.75) is 51.9 Å². The minimum absolute atomic E-state index is 0.0670. The second kappa shape index (κ2) is 6.41. The van der Waals surface area contributed by atoms with E-state index in [9.17, 15) is 23.6 Å². The Labute approximate surface area is 165 Å². The number of fused-ring (bicyclic) bond motifs is 4. The minimum atomic E-state index is -1.70. The van der Waals surface area contributed by atoms with Crippen molar-refractivity contribution in [3.63, 3.8) is 0 Å². The summed E-state index contributed by atoms with van der Waals surface area (Å²) >= 11 is 0. The second-order valence-corrected chi connectivity index (χ2v) is 7.99. The van der Waals surface area contributed by atoms with Gasteiger partial charge in [0.25, 0.3) is 0 Å². The number of piperidine rings is 1. The van der Waals surface area contributed by atoms with Gasteiger partial charge in [0, 0.05) is 6.54 Å². The molecule has 0 unspecified atom stereocenters. The van der Waals surface area contributed by atoms with Crippen molar-refractivity contribution in [3.05, 3.63) is 28.8 Å². The number of morpholine rings is 1. The summed E-state index contributed by atoms with van der Waals surface area (Å²) in [6, 6.07) is 0.291. The third-order valence-electron chi connectivity index (χ3n) is 6.06. The number of carbonyl (C=O) groups excluding carboxylic acids is 4. The molecule has 3 aliphatic rings. The summed E-state index contributed by atoms with van der Waals surface area (Å²) in [6.45, 7) is 4.64. The molecule has 9 heteroatoms. The van der Waals surface area contributed by atoms with E-state index >= 15 is 4.39 Å². The number of nitrogens with one attached hydrogen (secondary N) is 1. The number of imide groups is 1. The number of hydrogen-bond donors (Lipinski definition) is 1. The summed E-state index contributed by atoms with van der Waals surface area (Å²) in [6.07, 6.45) is -1.77.